The number of anilines is 1. The molecule has 0 fully saturated rings. The van der Waals surface area contributed by atoms with Gasteiger partial charge in [-0.05, 0) is 42.5 Å². The van der Waals surface area contributed by atoms with E-state index in [1.165, 1.54) is 6.26 Å². The zero-order chi connectivity index (χ0) is 21.9. The number of nitrogens with zero attached hydrogens (tertiary/aromatic N) is 2. The second kappa shape index (κ2) is 8.38. The zero-order valence-corrected chi connectivity index (χ0v) is 15.5. The van der Waals surface area contributed by atoms with Gasteiger partial charge in [-0.25, -0.2) is 0 Å². The Balaban J connectivity index is 1.67. The molecule has 3 rings (SSSR count). The Morgan fingerprint density at radius 1 is 0.967 bits per heavy atom. The van der Waals surface area contributed by atoms with Crippen LogP contribution in [0.5, 0.6) is 0 Å². The maximum absolute atomic E-state index is 12.9. The first-order chi connectivity index (χ1) is 14.0. The molecule has 2 heterocycles. The van der Waals surface area contributed by atoms with Crippen LogP contribution in [0.3, 0.4) is 0 Å². The lowest BCUT2D eigenvalue weighted by molar-refractivity contribution is -0.143. The largest absolute Gasteiger partial charge is 0.463 e. The minimum absolute atomic E-state index is 0.0133. The molecule has 5 nitrogen and oxygen atoms in total. The van der Waals surface area contributed by atoms with Gasteiger partial charge < -0.3 is 9.73 Å². The molecule has 0 saturated heterocycles. The first kappa shape index (κ1) is 21.7. The smallest absolute Gasteiger partial charge is 0.416 e. The van der Waals surface area contributed by atoms with E-state index in [0.717, 1.165) is 11.8 Å². The Kier molecular flexibility index (Phi) is 6.06. The first-order valence-corrected chi connectivity index (χ1v) is 9.11. The van der Waals surface area contributed by atoms with Gasteiger partial charge in [-0.3, -0.25) is 4.79 Å². The number of amides is 1. The van der Waals surface area contributed by atoms with E-state index in [2.05, 4.69) is 10.2 Å². The fourth-order valence-corrected chi connectivity index (χ4v) is 2.93. The molecule has 0 atom stereocenters. The van der Waals surface area contributed by atoms with Gasteiger partial charge in [0.15, 0.2) is 5.76 Å². The van der Waals surface area contributed by atoms with Crippen LogP contribution in [0.4, 0.5) is 32.0 Å². The summed E-state index contributed by atoms with van der Waals surface area (Å²) in [6.07, 6.45) is -8.54. The molecule has 12 heteroatoms. The van der Waals surface area contributed by atoms with E-state index in [4.69, 9.17) is 4.42 Å². The number of furan rings is 1. The maximum Gasteiger partial charge on any atom is 0.416 e. The number of hydrogen-bond acceptors (Lipinski definition) is 5. The molecule has 1 N–H and O–H groups in total. The number of rotatable bonds is 5. The van der Waals surface area contributed by atoms with Crippen molar-refractivity contribution >= 4 is 23.4 Å². The van der Waals surface area contributed by atoms with Gasteiger partial charge in [0.2, 0.25) is 5.91 Å². The molecule has 158 valence electrons. The fourth-order valence-electron chi connectivity index (χ4n) is 2.32. The highest BCUT2D eigenvalue weighted by Crippen LogP contribution is 2.37. The number of benzene rings is 1. The molecule has 1 aromatic carbocycles. The van der Waals surface area contributed by atoms with Crippen molar-refractivity contribution in [1.82, 2.24) is 10.2 Å². The van der Waals surface area contributed by atoms with Crippen molar-refractivity contribution < 1.29 is 35.6 Å². The molecular formula is C18H11F6N3O2S. The van der Waals surface area contributed by atoms with Crippen LogP contribution >= 0.6 is 11.8 Å². The third-order valence-electron chi connectivity index (χ3n) is 3.64. The van der Waals surface area contributed by atoms with Gasteiger partial charge in [-0.2, -0.15) is 26.3 Å². The molecule has 3 aromatic rings. The average Bonchev–Trinajstić information content (AvgIpc) is 3.20. The Hall–Kier alpha value is -3.02. The topological polar surface area (TPSA) is 68.0 Å². The summed E-state index contributed by atoms with van der Waals surface area (Å²) in [5, 5.41) is 10.2. The maximum atomic E-state index is 12.9. The summed E-state index contributed by atoms with van der Waals surface area (Å²) >= 11 is 0.913. The number of carbonyl (C=O) groups excluding carboxylic acids is 1. The van der Waals surface area contributed by atoms with Gasteiger partial charge in [0.25, 0.3) is 0 Å². The second-order valence-electron chi connectivity index (χ2n) is 5.87. The van der Waals surface area contributed by atoms with Gasteiger partial charge in [0.1, 0.15) is 10.7 Å². The number of carbonyl (C=O) groups is 1. The third-order valence-corrected chi connectivity index (χ3v) is 4.56. The van der Waals surface area contributed by atoms with Crippen molar-refractivity contribution in [3.8, 4) is 11.5 Å². The zero-order valence-electron chi connectivity index (χ0n) is 14.7. The van der Waals surface area contributed by atoms with E-state index < -0.39 is 35.1 Å². The van der Waals surface area contributed by atoms with Gasteiger partial charge >= 0.3 is 12.4 Å². The highest BCUT2D eigenvalue weighted by atomic mass is 32.2. The van der Waals surface area contributed by atoms with Crippen LogP contribution in [-0.2, 0) is 17.1 Å². The van der Waals surface area contributed by atoms with Crippen LogP contribution in [0, 0.1) is 0 Å². The van der Waals surface area contributed by atoms with Gasteiger partial charge in [0.05, 0.1) is 23.1 Å². The molecule has 2 aromatic heterocycles. The predicted octanol–water partition coefficient (Wildman–Crippen LogP) is 5.51. The molecule has 0 bridgehead atoms. The van der Waals surface area contributed by atoms with Crippen LogP contribution in [-0.4, -0.2) is 21.9 Å². The number of nitrogens with one attached hydrogen (secondary N) is 1. The third kappa shape index (κ3) is 5.53. The summed E-state index contributed by atoms with van der Waals surface area (Å²) in [5.74, 6) is -0.613. The molecule has 0 saturated carbocycles. The van der Waals surface area contributed by atoms with Crippen molar-refractivity contribution in [3.63, 3.8) is 0 Å². The van der Waals surface area contributed by atoms with E-state index in [9.17, 15) is 31.1 Å². The predicted molar refractivity (Wildman–Crippen MR) is 95.5 cm³/mol. The molecule has 1 amide bonds. The lowest BCUT2D eigenvalue weighted by Crippen LogP contribution is -2.17. The van der Waals surface area contributed by atoms with E-state index in [0.29, 0.717) is 28.6 Å². The Bertz CT molecular complexity index is 986. The Labute approximate surface area is 169 Å². The monoisotopic (exact) mass is 447 g/mol. The SMILES string of the molecule is O=C(CSc1ccc(-c2ccco2)nn1)Nc1cc(C(F)(F)F)cc(C(F)(F)F)c1. The molecule has 0 aliphatic carbocycles. The second-order valence-corrected chi connectivity index (χ2v) is 6.86. The van der Waals surface area contributed by atoms with E-state index >= 15 is 0 Å². The molecule has 0 unspecified atom stereocenters. The Morgan fingerprint density at radius 3 is 2.13 bits per heavy atom. The molecule has 30 heavy (non-hydrogen) atoms. The van der Waals surface area contributed by atoms with Gasteiger partial charge in [-0.15, -0.1) is 10.2 Å². The molecule has 0 radical (unpaired) electrons. The summed E-state index contributed by atoms with van der Waals surface area (Å²) in [4.78, 5) is 12.0. The summed E-state index contributed by atoms with van der Waals surface area (Å²) in [7, 11) is 0. The summed E-state index contributed by atoms with van der Waals surface area (Å²) in [6.45, 7) is 0. The van der Waals surface area contributed by atoms with Gasteiger partial charge in [0, 0.05) is 5.69 Å². The summed E-state index contributed by atoms with van der Waals surface area (Å²) in [5.41, 5.74) is -3.18. The standard InChI is InChI=1S/C18H11F6N3O2S/c19-17(20,21)10-6-11(18(22,23)24)8-12(7-10)25-15(28)9-30-16-4-3-13(26-27-16)14-2-1-5-29-14/h1-8H,9H2,(H,25,28). The molecule has 0 aliphatic rings. The minimum atomic E-state index is -5.00. The minimum Gasteiger partial charge on any atom is -0.463 e. The summed E-state index contributed by atoms with van der Waals surface area (Å²) in [6, 6.07) is 7.35. The van der Waals surface area contributed by atoms with Crippen LogP contribution in [0.25, 0.3) is 11.5 Å². The average molecular weight is 447 g/mol. The Morgan fingerprint density at radius 2 is 1.63 bits per heavy atom. The lowest BCUT2D eigenvalue weighted by Gasteiger charge is -2.14. The lowest BCUT2D eigenvalue weighted by atomic mass is 10.1. The first-order valence-electron chi connectivity index (χ1n) is 8.12. The quantitative estimate of drug-likeness (QED) is 0.413. The number of hydrogen-bond donors (Lipinski definition) is 1. The summed E-state index contributed by atoms with van der Waals surface area (Å²) < 4.78 is 82.4. The van der Waals surface area contributed by atoms with Crippen LogP contribution < -0.4 is 5.32 Å². The fraction of sp³-hybridized carbons (Fsp3) is 0.167. The highest BCUT2D eigenvalue weighted by molar-refractivity contribution is 7.99. The van der Waals surface area contributed by atoms with E-state index in [1.807, 2.05) is 5.32 Å². The van der Waals surface area contributed by atoms with E-state index in [-0.39, 0.29) is 11.8 Å². The molecular weight excluding hydrogens is 436 g/mol. The highest BCUT2D eigenvalue weighted by Gasteiger charge is 2.37. The van der Waals surface area contributed by atoms with Gasteiger partial charge in [-0.1, -0.05) is 11.8 Å². The van der Waals surface area contributed by atoms with Crippen molar-refractivity contribution in [2.75, 3.05) is 11.1 Å². The normalized spacial score (nSPS) is 12.1. The number of thioether (sulfide) groups is 1. The van der Waals surface area contributed by atoms with Crippen molar-refractivity contribution in [2.24, 2.45) is 0 Å². The number of aromatic nitrogens is 2. The van der Waals surface area contributed by atoms with Crippen molar-refractivity contribution in [3.05, 3.63) is 59.9 Å². The van der Waals surface area contributed by atoms with Crippen LogP contribution in [0.2, 0.25) is 0 Å². The number of alkyl halides is 6. The van der Waals surface area contributed by atoms with Crippen LogP contribution in [0.15, 0.2) is 58.2 Å². The van der Waals surface area contributed by atoms with E-state index in [1.54, 1.807) is 24.3 Å². The van der Waals surface area contributed by atoms with Crippen LogP contribution in [0.1, 0.15) is 11.1 Å². The molecule has 0 spiro atoms. The number of halogens is 6. The van der Waals surface area contributed by atoms with Crippen molar-refractivity contribution in [2.45, 2.75) is 17.4 Å². The molecule has 0 aliphatic heterocycles. The van der Waals surface area contributed by atoms with Crippen molar-refractivity contribution in [1.29, 1.82) is 0 Å².